The second-order valence-electron chi connectivity index (χ2n) is 2.91. The van der Waals surface area contributed by atoms with Gasteiger partial charge in [0.25, 0.3) is 0 Å². The van der Waals surface area contributed by atoms with Gasteiger partial charge in [-0.3, -0.25) is 4.79 Å². The molecule has 0 bridgehead atoms. The lowest BCUT2D eigenvalue weighted by Gasteiger charge is -2.24. The van der Waals surface area contributed by atoms with Gasteiger partial charge >= 0.3 is 0 Å². The number of likely N-dealkylation sites (N-methyl/N-ethyl adjacent to an activating group) is 1. The zero-order chi connectivity index (χ0) is 7.56. The van der Waals surface area contributed by atoms with Crippen molar-refractivity contribution in [3.05, 3.63) is 0 Å². The summed E-state index contributed by atoms with van der Waals surface area (Å²) in [5, 5.41) is 4.05. The summed E-state index contributed by atoms with van der Waals surface area (Å²) in [6.07, 6.45) is 0.965. The molecule has 57 valence electrons. The Labute approximate surface area is 61.4 Å². The van der Waals surface area contributed by atoms with Gasteiger partial charge in [0, 0.05) is 6.54 Å². The van der Waals surface area contributed by atoms with E-state index in [0.29, 0.717) is 6.54 Å². The van der Waals surface area contributed by atoms with E-state index in [1.165, 1.54) is 0 Å². The molecule has 0 spiro atoms. The highest BCUT2D eigenvalue weighted by molar-refractivity contribution is 5.86. The fraction of sp³-hybridized carbons (Fsp3) is 0.857. The number of hydrogen-bond donors (Lipinski definition) is 0. The highest BCUT2D eigenvalue weighted by atomic mass is 16.1. The molecule has 1 fully saturated rings. The summed E-state index contributed by atoms with van der Waals surface area (Å²) in [4.78, 5) is 13.0. The number of rotatable bonds is 3. The molecule has 0 amide bonds. The molecule has 1 heterocycles. The summed E-state index contributed by atoms with van der Waals surface area (Å²) >= 11 is 0. The van der Waals surface area contributed by atoms with Gasteiger partial charge in [0.15, 0.2) is 5.78 Å². The Bertz CT molecular complexity index is 130. The third-order valence-electron chi connectivity index (χ3n) is 1.60. The van der Waals surface area contributed by atoms with Crippen LogP contribution in [0.4, 0.5) is 0 Å². The van der Waals surface area contributed by atoms with Crippen molar-refractivity contribution < 1.29 is 4.79 Å². The first-order valence-corrected chi connectivity index (χ1v) is 3.54. The van der Waals surface area contributed by atoms with Crippen LogP contribution in [0.5, 0.6) is 0 Å². The minimum Gasteiger partial charge on any atom is -0.302 e. The van der Waals surface area contributed by atoms with Gasteiger partial charge in [-0.15, -0.1) is 0 Å². The Morgan fingerprint density at radius 3 is 2.60 bits per heavy atom. The van der Waals surface area contributed by atoms with Crippen LogP contribution < -0.4 is 5.32 Å². The van der Waals surface area contributed by atoms with Crippen LogP contribution in [0, 0.1) is 0 Å². The van der Waals surface area contributed by atoms with Crippen molar-refractivity contribution in [2.45, 2.75) is 12.5 Å². The van der Waals surface area contributed by atoms with Crippen molar-refractivity contribution in [1.29, 1.82) is 0 Å². The lowest BCUT2D eigenvalue weighted by atomic mass is 10.0. The van der Waals surface area contributed by atoms with Gasteiger partial charge in [-0.25, -0.2) is 5.32 Å². The topological polar surface area (TPSA) is 34.4 Å². The Morgan fingerprint density at radius 2 is 2.30 bits per heavy atom. The van der Waals surface area contributed by atoms with E-state index in [4.69, 9.17) is 0 Å². The molecular formula is C7H13N2O. The van der Waals surface area contributed by atoms with Crippen LogP contribution in [0.25, 0.3) is 0 Å². The number of nitrogens with zero attached hydrogens (tertiary/aromatic N) is 2. The van der Waals surface area contributed by atoms with Crippen LogP contribution in [-0.4, -0.2) is 43.9 Å². The maximum absolute atomic E-state index is 11.1. The molecule has 1 atom stereocenters. The van der Waals surface area contributed by atoms with Gasteiger partial charge in [0.05, 0.1) is 12.6 Å². The molecule has 1 unspecified atom stereocenters. The summed E-state index contributed by atoms with van der Waals surface area (Å²) in [7, 11) is 3.80. The monoisotopic (exact) mass is 141 g/mol. The lowest BCUT2D eigenvalue weighted by Crippen LogP contribution is -2.46. The summed E-state index contributed by atoms with van der Waals surface area (Å²) in [6.45, 7) is 1.41. The number of ketones is 1. The molecule has 0 aromatic rings. The quantitative estimate of drug-likeness (QED) is 0.530. The molecule has 1 aliphatic heterocycles. The predicted molar refractivity (Wildman–Crippen MR) is 39.0 cm³/mol. The molecule has 1 saturated heterocycles. The van der Waals surface area contributed by atoms with E-state index >= 15 is 0 Å². The number of Topliss-reactive ketones (excluding diaryl/α,β-unsaturated/α-hetero) is 1. The Kier molecular flexibility index (Phi) is 2.40. The largest absolute Gasteiger partial charge is 0.302 e. The van der Waals surface area contributed by atoms with E-state index in [1.807, 2.05) is 19.0 Å². The second kappa shape index (κ2) is 3.12. The van der Waals surface area contributed by atoms with E-state index in [2.05, 4.69) is 5.32 Å². The number of carbonyl (C=O) groups excluding carboxylic acids is 1. The maximum Gasteiger partial charge on any atom is 0.165 e. The van der Waals surface area contributed by atoms with Gasteiger partial charge < -0.3 is 4.90 Å². The SMILES string of the molecule is CN(C)CC(=O)C1CC[N]1. The molecule has 0 aromatic heterocycles. The van der Waals surface area contributed by atoms with E-state index in [-0.39, 0.29) is 11.8 Å². The summed E-state index contributed by atoms with van der Waals surface area (Å²) in [6, 6.07) is 0.0300. The van der Waals surface area contributed by atoms with Gasteiger partial charge in [-0.1, -0.05) is 0 Å². The minimum atomic E-state index is 0.0300. The van der Waals surface area contributed by atoms with Gasteiger partial charge in [0.1, 0.15) is 0 Å². The van der Waals surface area contributed by atoms with Gasteiger partial charge in [-0.05, 0) is 20.5 Å². The summed E-state index contributed by atoms with van der Waals surface area (Å²) in [5.41, 5.74) is 0. The fourth-order valence-corrected chi connectivity index (χ4v) is 0.938. The van der Waals surface area contributed by atoms with Crippen molar-refractivity contribution in [2.24, 2.45) is 0 Å². The molecule has 0 aromatic carbocycles. The van der Waals surface area contributed by atoms with Crippen molar-refractivity contribution in [3.63, 3.8) is 0 Å². The van der Waals surface area contributed by atoms with E-state index < -0.39 is 0 Å². The first-order valence-electron chi connectivity index (χ1n) is 3.54. The number of hydrogen-bond acceptors (Lipinski definition) is 2. The van der Waals surface area contributed by atoms with Gasteiger partial charge in [0.2, 0.25) is 0 Å². The lowest BCUT2D eigenvalue weighted by molar-refractivity contribution is -0.123. The Balaban J connectivity index is 2.20. The molecule has 3 nitrogen and oxygen atoms in total. The highest BCUT2D eigenvalue weighted by Crippen LogP contribution is 2.05. The summed E-state index contributed by atoms with van der Waals surface area (Å²) < 4.78 is 0. The normalized spacial score (nSPS) is 24.5. The Hall–Kier alpha value is -0.410. The smallest absolute Gasteiger partial charge is 0.165 e. The average molecular weight is 141 g/mol. The van der Waals surface area contributed by atoms with Crippen molar-refractivity contribution in [1.82, 2.24) is 10.2 Å². The molecule has 0 N–H and O–H groups in total. The average Bonchev–Trinajstić information content (AvgIpc) is 1.55. The van der Waals surface area contributed by atoms with Crippen LogP contribution in [0.2, 0.25) is 0 Å². The van der Waals surface area contributed by atoms with Crippen molar-refractivity contribution >= 4 is 5.78 Å². The standard InChI is InChI=1S/C7H13N2O/c1-9(2)5-7(10)6-3-4-8-6/h6H,3-5H2,1-2H3. The Morgan fingerprint density at radius 1 is 1.70 bits per heavy atom. The first-order chi connectivity index (χ1) is 4.70. The number of carbonyl (C=O) groups is 1. The van der Waals surface area contributed by atoms with Crippen LogP contribution in [-0.2, 0) is 4.79 Å². The first kappa shape index (κ1) is 7.69. The van der Waals surface area contributed by atoms with E-state index in [9.17, 15) is 4.79 Å². The molecule has 1 rings (SSSR count). The zero-order valence-corrected chi connectivity index (χ0v) is 6.50. The van der Waals surface area contributed by atoms with Crippen LogP contribution in [0.1, 0.15) is 6.42 Å². The van der Waals surface area contributed by atoms with Gasteiger partial charge in [-0.2, -0.15) is 0 Å². The third-order valence-corrected chi connectivity index (χ3v) is 1.60. The maximum atomic E-state index is 11.1. The molecule has 1 radical (unpaired) electrons. The minimum absolute atomic E-state index is 0.0300. The molecular weight excluding hydrogens is 128 g/mol. The third kappa shape index (κ3) is 1.78. The van der Waals surface area contributed by atoms with E-state index in [0.717, 1.165) is 13.0 Å². The van der Waals surface area contributed by atoms with E-state index in [1.54, 1.807) is 0 Å². The highest BCUT2D eigenvalue weighted by Gasteiger charge is 2.25. The second-order valence-corrected chi connectivity index (χ2v) is 2.91. The summed E-state index contributed by atoms with van der Waals surface area (Å²) in [5.74, 6) is 0.260. The van der Waals surface area contributed by atoms with Crippen LogP contribution in [0.15, 0.2) is 0 Å². The molecule has 3 heteroatoms. The molecule has 0 aliphatic carbocycles. The molecule has 1 aliphatic rings. The molecule has 0 saturated carbocycles. The van der Waals surface area contributed by atoms with Crippen molar-refractivity contribution in [2.75, 3.05) is 27.2 Å². The van der Waals surface area contributed by atoms with Crippen LogP contribution >= 0.6 is 0 Å². The predicted octanol–water partition coefficient (Wildman–Crippen LogP) is -0.506. The van der Waals surface area contributed by atoms with Crippen molar-refractivity contribution in [3.8, 4) is 0 Å². The molecule has 10 heavy (non-hydrogen) atoms. The fourth-order valence-electron chi connectivity index (χ4n) is 0.938. The van der Waals surface area contributed by atoms with Crippen LogP contribution in [0.3, 0.4) is 0 Å². The zero-order valence-electron chi connectivity index (χ0n) is 6.50.